The van der Waals surface area contributed by atoms with Crippen LogP contribution < -0.4 is 10.1 Å². The Morgan fingerprint density at radius 2 is 1.90 bits per heavy atom. The number of hydrogen-bond acceptors (Lipinski definition) is 4. The van der Waals surface area contributed by atoms with E-state index in [1.807, 2.05) is 30.3 Å². The number of benzene rings is 1. The average Bonchev–Trinajstić information content (AvgIpc) is 3.21. The van der Waals surface area contributed by atoms with E-state index in [1.165, 1.54) is 25.7 Å². The minimum atomic E-state index is 0.532. The van der Waals surface area contributed by atoms with Crippen molar-refractivity contribution in [2.24, 2.45) is 5.41 Å². The largest absolute Gasteiger partial charge is 0.439 e. The van der Waals surface area contributed by atoms with E-state index in [4.69, 9.17) is 4.74 Å². The summed E-state index contributed by atoms with van der Waals surface area (Å²) in [4.78, 5) is 8.68. The maximum atomic E-state index is 5.71. The zero-order valence-electron chi connectivity index (χ0n) is 11.2. The lowest BCUT2D eigenvalue weighted by Gasteiger charge is -2.36. The van der Waals surface area contributed by atoms with Crippen LogP contribution in [0.4, 0.5) is 5.95 Å². The molecular weight excluding hydrogens is 250 g/mol. The van der Waals surface area contributed by atoms with Gasteiger partial charge >= 0.3 is 0 Å². The summed E-state index contributed by atoms with van der Waals surface area (Å²) in [5, 5.41) is 3.40. The zero-order chi connectivity index (χ0) is 13.4. The molecule has 0 atom stereocenters. The standard InChI is InChI=1S/C16H17N3O/c1-2-4-13(5-3-1)20-14-6-9-17-15(19-14)18-12-10-16(11-12)7-8-16/h1-6,9,12H,7-8,10-11H2,(H,17,18,19). The smallest absolute Gasteiger partial charge is 0.226 e. The van der Waals surface area contributed by atoms with E-state index in [1.54, 1.807) is 12.3 Å². The number of aromatic nitrogens is 2. The molecule has 1 aromatic heterocycles. The van der Waals surface area contributed by atoms with Crippen LogP contribution in [0.15, 0.2) is 42.6 Å². The van der Waals surface area contributed by atoms with Gasteiger partial charge in [0.2, 0.25) is 11.8 Å². The molecule has 2 aromatic rings. The summed E-state index contributed by atoms with van der Waals surface area (Å²) in [6.45, 7) is 0. The molecule has 2 fully saturated rings. The fourth-order valence-electron chi connectivity index (χ4n) is 2.93. The van der Waals surface area contributed by atoms with Crippen molar-refractivity contribution in [1.82, 2.24) is 9.97 Å². The van der Waals surface area contributed by atoms with Crippen molar-refractivity contribution in [3.05, 3.63) is 42.6 Å². The van der Waals surface area contributed by atoms with Crippen molar-refractivity contribution >= 4 is 5.95 Å². The van der Waals surface area contributed by atoms with Gasteiger partial charge in [-0.3, -0.25) is 0 Å². The van der Waals surface area contributed by atoms with Crippen molar-refractivity contribution in [3.8, 4) is 11.6 Å². The molecule has 0 aliphatic heterocycles. The van der Waals surface area contributed by atoms with Gasteiger partial charge in [0.15, 0.2) is 0 Å². The second-order valence-electron chi connectivity index (χ2n) is 5.88. The Kier molecular flexibility index (Phi) is 2.62. The lowest BCUT2D eigenvalue weighted by Crippen LogP contribution is -2.37. The molecule has 1 N–H and O–H groups in total. The maximum absolute atomic E-state index is 5.71. The van der Waals surface area contributed by atoms with E-state index >= 15 is 0 Å². The van der Waals surface area contributed by atoms with Crippen LogP contribution in [0.2, 0.25) is 0 Å². The van der Waals surface area contributed by atoms with Gasteiger partial charge in [0.05, 0.1) is 0 Å². The van der Waals surface area contributed by atoms with Crippen LogP contribution in [0, 0.1) is 5.41 Å². The Labute approximate surface area is 118 Å². The Hall–Kier alpha value is -2.10. The van der Waals surface area contributed by atoms with E-state index in [0.717, 1.165) is 5.75 Å². The van der Waals surface area contributed by atoms with Crippen LogP contribution >= 0.6 is 0 Å². The number of nitrogens with zero attached hydrogens (tertiary/aromatic N) is 2. The molecule has 0 amide bonds. The van der Waals surface area contributed by atoms with Gasteiger partial charge in [-0.1, -0.05) is 18.2 Å². The average molecular weight is 267 g/mol. The number of para-hydroxylation sites is 1. The van der Waals surface area contributed by atoms with Crippen LogP contribution in [0.25, 0.3) is 0 Å². The van der Waals surface area contributed by atoms with Gasteiger partial charge in [0, 0.05) is 18.3 Å². The van der Waals surface area contributed by atoms with Crippen LogP contribution in [0.5, 0.6) is 11.6 Å². The van der Waals surface area contributed by atoms with E-state index in [9.17, 15) is 0 Å². The topological polar surface area (TPSA) is 47.0 Å². The highest BCUT2D eigenvalue weighted by atomic mass is 16.5. The molecule has 4 heteroatoms. The van der Waals surface area contributed by atoms with E-state index < -0.39 is 0 Å². The van der Waals surface area contributed by atoms with Gasteiger partial charge < -0.3 is 10.1 Å². The first-order valence-corrected chi connectivity index (χ1v) is 7.14. The zero-order valence-corrected chi connectivity index (χ0v) is 11.2. The summed E-state index contributed by atoms with van der Waals surface area (Å²) in [5.74, 6) is 2.03. The summed E-state index contributed by atoms with van der Waals surface area (Å²) in [7, 11) is 0. The highest BCUT2D eigenvalue weighted by molar-refractivity contribution is 5.33. The van der Waals surface area contributed by atoms with Crippen molar-refractivity contribution in [3.63, 3.8) is 0 Å². The Balaban J connectivity index is 1.42. The van der Waals surface area contributed by atoms with Crippen molar-refractivity contribution in [2.45, 2.75) is 31.7 Å². The summed E-state index contributed by atoms with van der Waals surface area (Å²) < 4.78 is 5.71. The number of anilines is 1. The van der Waals surface area contributed by atoms with Gasteiger partial charge in [-0.15, -0.1) is 0 Å². The molecule has 0 unspecified atom stereocenters. The predicted octanol–water partition coefficient (Wildman–Crippen LogP) is 3.62. The number of nitrogens with one attached hydrogen (secondary N) is 1. The molecule has 0 radical (unpaired) electrons. The summed E-state index contributed by atoms with van der Waals surface area (Å²) in [6, 6.07) is 12.0. The van der Waals surface area contributed by atoms with E-state index in [-0.39, 0.29) is 0 Å². The van der Waals surface area contributed by atoms with Crippen LogP contribution in [0.3, 0.4) is 0 Å². The molecule has 0 saturated heterocycles. The van der Waals surface area contributed by atoms with Gasteiger partial charge in [-0.25, -0.2) is 4.98 Å². The number of ether oxygens (including phenoxy) is 1. The van der Waals surface area contributed by atoms with Crippen LogP contribution in [-0.2, 0) is 0 Å². The second-order valence-corrected chi connectivity index (χ2v) is 5.88. The van der Waals surface area contributed by atoms with Crippen molar-refractivity contribution in [2.75, 3.05) is 5.32 Å². The lowest BCUT2D eigenvalue weighted by atomic mass is 9.77. The van der Waals surface area contributed by atoms with Gasteiger partial charge in [-0.05, 0) is 43.2 Å². The molecule has 0 bridgehead atoms. The van der Waals surface area contributed by atoms with Crippen molar-refractivity contribution in [1.29, 1.82) is 0 Å². The summed E-state index contributed by atoms with van der Waals surface area (Å²) in [5.41, 5.74) is 0.690. The quantitative estimate of drug-likeness (QED) is 0.919. The molecule has 1 aromatic carbocycles. The summed E-state index contributed by atoms with van der Waals surface area (Å²) in [6.07, 6.45) is 7.08. The van der Waals surface area contributed by atoms with Crippen LogP contribution in [0.1, 0.15) is 25.7 Å². The first-order valence-electron chi connectivity index (χ1n) is 7.14. The molecular formula is C16H17N3O. The third-order valence-corrected chi connectivity index (χ3v) is 4.24. The third-order valence-electron chi connectivity index (χ3n) is 4.24. The highest BCUT2D eigenvalue weighted by Crippen LogP contribution is 2.61. The molecule has 2 saturated carbocycles. The maximum Gasteiger partial charge on any atom is 0.226 e. The fraction of sp³-hybridized carbons (Fsp3) is 0.375. The van der Waals surface area contributed by atoms with E-state index in [0.29, 0.717) is 23.3 Å². The fourth-order valence-corrected chi connectivity index (χ4v) is 2.93. The minimum absolute atomic E-state index is 0.532. The molecule has 20 heavy (non-hydrogen) atoms. The van der Waals surface area contributed by atoms with Crippen molar-refractivity contribution < 1.29 is 4.74 Å². The van der Waals surface area contributed by atoms with Crippen LogP contribution in [-0.4, -0.2) is 16.0 Å². The first kappa shape index (κ1) is 11.7. The Bertz CT molecular complexity index is 602. The molecule has 102 valence electrons. The Morgan fingerprint density at radius 1 is 1.10 bits per heavy atom. The van der Waals surface area contributed by atoms with Gasteiger partial charge in [0.25, 0.3) is 0 Å². The number of rotatable bonds is 4. The normalized spacial score (nSPS) is 19.4. The molecule has 1 heterocycles. The molecule has 2 aliphatic rings. The summed E-state index contributed by atoms with van der Waals surface area (Å²) >= 11 is 0. The lowest BCUT2D eigenvalue weighted by molar-refractivity contribution is 0.255. The van der Waals surface area contributed by atoms with Gasteiger partial charge in [0.1, 0.15) is 5.75 Å². The minimum Gasteiger partial charge on any atom is -0.439 e. The second kappa shape index (κ2) is 4.47. The predicted molar refractivity (Wildman–Crippen MR) is 76.9 cm³/mol. The van der Waals surface area contributed by atoms with E-state index in [2.05, 4.69) is 15.3 Å². The molecule has 4 rings (SSSR count). The molecule has 1 spiro atoms. The Morgan fingerprint density at radius 3 is 2.65 bits per heavy atom. The first-order chi connectivity index (χ1) is 9.81. The molecule has 2 aliphatic carbocycles. The third kappa shape index (κ3) is 2.33. The SMILES string of the molecule is c1ccc(Oc2ccnc(NC3CC4(CC4)C3)n2)cc1. The molecule has 4 nitrogen and oxygen atoms in total. The van der Waals surface area contributed by atoms with Gasteiger partial charge in [-0.2, -0.15) is 4.98 Å². The number of hydrogen-bond donors (Lipinski definition) is 1. The monoisotopic (exact) mass is 267 g/mol. The highest BCUT2D eigenvalue weighted by Gasteiger charge is 2.52.